The standard InChI is InChI=1S/C10H14N2O/c1-10(2,3)9(13)8-7(11)5-4-6-12-8/h4-6H,11H2,1-3H3. The molecule has 1 heterocycles. The molecular weight excluding hydrogens is 164 g/mol. The Morgan fingerprint density at radius 2 is 2.08 bits per heavy atom. The van der Waals surface area contributed by atoms with Crippen molar-refractivity contribution in [3.05, 3.63) is 24.0 Å². The molecule has 0 unspecified atom stereocenters. The van der Waals surface area contributed by atoms with Crippen molar-refractivity contribution >= 4 is 11.5 Å². The summed E-state index contributed by atoms with van der Waals surface area (Å²) >= 11 is 0. The molecule has 0 aliphatic rings. The van der Waals surface area contributed by atoms with Crippen LogP contribution in [0.1, 0.15) is 31.3 Å². The third kappa shape index (κ3) is 2.05. The molecule has 0 saturated heterocycles. The van der Waals surface area contributed by atoms with E-state index in [0.717, 1.165) is 0 Å². The Morgan fingerprint density at radius 1 is 1.46 bits per heavy atom. The van der Waals surface area contributed by atoms with Gasteiger partial charge in [0.05, 0.1) is 5.69 Å². The van der Waals surface area contributed by atoms with Crippen molar-refractivity contribution in [3.8, 4) is 0 Å². The van der Waals surface area contributed by atoms with Crippen LogP contribution in [0.15, 0.2) is 18.3 Å². The van der Waals surface area contributed by atoms with Crippen LogP contribution in [0.2, 0.25) is 0 Å². The highest BCUT2D eigenvalue weighted by Gasteiger charge is 2.25. The van der Waals surface area contributed by atoms with Crippen molar-refractivity contribution in [2.75, 3.05) is 5.73 Å². The van der Waals surface area contributed by atoms with Crippen LogP contribution in [-0.2, 0) is 0 Å². The smallest absolute Gasteiger partial charge is 0.188 e. The fraction of sp³-hybridized carbons (Fsp3) is 0.400. The molecule has 0 saturated carbocycles. The lowest BCUT2D eigenvalue weighted by Gasteiger charge is -2.16. The monoisotopic (exact) mass is 178 g/mol. The average molecular weight is 178 g/mol. The van der Waals surface area contributed by atoms with E-state index < -0.39 is 5.41 Å². The number of nitrogens with zero attached hydrogens (tertiary/aromatic N) is 1. The van der Waals surface area contributed by atoms with Gasteiger partial charge in [-0.15, -0.1) is 0 Å². The van der Waals surface area contributed by atoms with Crippen LogP contribution >= 0.6 is 0 Å². The van der Waals surface area contributed by atoms with E-state index in [1.807, 2.05) is 20.8 Å². The molecule has 0 spiro atoms. The minimum Gasteiger partial charge on any atom is -0.397 e. The molecule has 0 radical (unpaired) electrons. The van der Waals surface area contributed by atoms with Crippen LogP contribution in [0.4, 0.5) is 5.69 Å². The second-order valence-corrected chi connectivity index (χ2v) is 4.02. The first-order valence-corrected chi connectivity index (χ1v) is 4.18. The predicted octanol–water partition coefficient (Wildman–Crippen LogP) is 1.89. The minimum absolute atomic E-state index is 0.0226. The summed E-state index contributed by atoms with van der Waals surface area (Å²) in [5.74, 6) is -0.0226. The lowest BCUT2D eigenvalue weighted by molar-refractivity contribution is 0.0854. The summed E-state index contributed by atoms with van der Waals surface area (Å²) in [6, 6.07) is 3.40. The molecule has 1 aromatic rings. The van der Waals surface area contributed by atoms with Gasteiger partial charge < -0.3 is 5.73 Å². The van der Waals surface area contributed by atoms with Gasteiger partial charge in [-0.05, 0) is 12.1 Å². The van der Waals surface area contributed by atoms with Gasteiger partial charge in [-0.1, -0.05) is 20.8 Å². The molecular formula is C10H14N2O. The normalized spacial score (nSPS) is 11.3. The van der Waals surface area contributed by atoms with Crippen LogP contribution < -0.4 is 5.73 Å². The molecule has 1 rings (SSSR count). The van der Waals surface area contributed by atoms with Crippen LogP contribution in [0.3, 0.4) is 0 Å². The molecule has 0 bridgehead atoms. The number of pyridine rings is 1. The molecule has 1 aromatic heterocycles. The minimum atomic E-state index is -0.428. The number of hydrogen-bond donors (Lipinski definition) is 1. The Bertz CT molecular complexity index is 326. The van der Waals surface area contributed by atoms with E-state index in [1.54, 1.807) is 18.3 Å². The van der Waals surface area contributed by atoms with Crippen LogP contribution in [-0.4, -0.2) is 10.8 Å². The molecule has 70 valence electrons. The number of Topliss-reactive ketones (excluding diaryl/α,β-unsaturated/α-hetero) is 1. The van der Waals surface area contributed by atoms with Crippen molar-refractivity contribution in [2.24, 2.45) is 5.41 Å². The topological polar surface area (TPSA) is 56.0 Å². The number of nitrogens with two attached hydrogens (primary N) is 1. The molecule has 0 amide bonds. The van der Waals surface area contributed by atoms with E-state index in [2.05, 4.69) is 4.98 Å². The van der Waals surface area contributed by atoms with Crippen molar-refractivity contribution < 1.29 is 4.79 Å². The van der Waals surface area contributed by atoms with Crippen molar-refractivity contribution in [1.29, 1.82) is 0 Å². The maximum absolute atomic E-state index is 11.7. The van der Waals surface area contributed by atoms with Crippen molar-refractivity contribution in [3.63, 3.8) is 0 Å². The molecule has 3 heteroatoms. The SMILES string of the molecule is CC(C)(C)C(=O)c1ncccc1N. The Kier molecular flexibility index (Phi) is 2.36. The first kappa shape index (κ1) is 9.71. The molecule has 0 aliphatic heterocycles. The number of aromatic nitrogens is 1. The molecule has 0 aromatic carbocycles. The molecule has 13 heavy (non-hydrogen) atoms. The zero-order valence-electron chi connectivity index (χ0n) is 8.16. The van der Waals surface area contributed by atoms with E-state index in [0.29, 0.717) is 11.4 Å². The number of carbonyl (C=O) groups excluding carboxylic acids is 1. The third-order valence-corrected chi connectivity index (χ3v) is 1.74. The van der Waals surface area contributed by atoms with Crippen LogP contribution in [0.5, 0.6) is 0 Å². The average Bonchev–Trinajstić information content (AvgIpc) is 2.02. The van der Waals surface area contributed by atoms with Gasteiger partial charge in [0.1, 0.15) is 5.69 Å². The summed E-state index contributed by atoms with van der Waals surface area (Å²) in [6.07, 6.45) is 1.58. The summed E-state index contributed by atoms with van der Waals surface area (Å²) in [4.78, 5) is 15.7. The number of hydrogen-bond acceptors (Lipinski definition) is 3. The van der Waals surface area contributed by atoms with Gasteiger partial charge >= 0.3 is 0 Å². The van der Waals surface area contributed by atoms with E-state index in [1.165, 1.54) is 0 Å². The van der Waals surface area contributed by atoms with Crippen LogP contribution in [0, 0.1) is 5.41 Å². The van der Waals surface area contributed by atoms with Gasteiger partial charge in [0.15, 0.2) is 5.78 Å². The molecule has 0 atom stereocenters. The Morgan fingerprint density at radius 3 is 2.54 bits per heavy atom. The summed E-state index contributed by atoms with van der Waals surface area (Å²) in [5, 5.41) is 0. The number of ketones is 1. The number of nitrogen functional groups attached to an aromatic ring is 1. The molecule has 2 N–H and O–H groups in total. The molecule has 0 fully saturated rings. The third-order valence-electron chi connectivity index (χ3n) is 1.74. The highest BCUT2D eigenvalue weighted by molar-refractivity contribution is 6.02. The second-order valence-electron chi connectivity index (χ2n) is 4.02. The Labute approximate surface area is 78.0 Å². The number of rotatable bonds is 1. The van der Waals surface area contributed by atoms with Gasteiger partial charge in [-0.3, -0.25) is 9.78 Å². The van der Waals surface area contributed by atoms with Gasteiger partial charge in [0.25, 0.3) is 0 Å². The summed E-state index contributed by atoms with van der Waals surface area (Å²) in [7, 11) is 0. The van der Waals surface area contributed by atoms with Gasteiger partial charge in [0.2, 0.25) is 0 Å². The number of anilines is 1. The van der Waals surface area contributed by atoms with Crippen molar-refractivity contribution in [2.45, 2.75) is 20.8 Å². The van der Waals surface area contributed by atoms with Crippen molar-refractivity contribution in [1.82, 2.24) is 4.98 Å². The Balaban J connectivity index is 3.10. The second kappa shape index (κ2) is 3.17. The quantitative estimate of drug-likeness (QED) is 0.668. The molecule has 0 aliphatic carbocycles. The van der Waals surface area contributed by atoms with E-state index >= 15 is 0 Å². The molecule has 3 nitrogen and oxygen atoms in total. The first-order valence-electron chi connectivity index (χ1n) is 4.18. The van der Waals surface area contributed by atoms with E-state index in [4.69, 9.17) is 5.73 Å². The lowest BCUT2D eigenvalue weighted by atomic mass is 9.88. The lowest BCUT2D eigenvalue weighted by Crippen LogP contribution is -2.22. The largest absolute Gasteiger partial charge is 0.397 e. The zero-order valence-corrected chi connectivity index (χ0v) is 8.16. The highest BCUT2D eigenvalue weighted by Crippen LogP contribution is 2.22. The van der Waals surface area contributed by atoms with E-state index in [9.17, 15) is 4.79 Å². The fourth-order valence-electron chi connectivity index (χ4n) is 0.963. The maximum Gasteiger partial charge on any atom is 0.188 e. The fourth-order valence-corrected chi connectivity index (χ4v) is 0.963. The Hall–Kier alpha value is -1.38. The van der Waals surface area contributed by atoms with Gasteiger partial charge in [0, 0.05) is 11.6 Å². The maximum atomic E-state index is 11.7. The first-order chi connectivity index (χ1) is 5.93. The van der Waals surface area contributed by atoms with Gasteiger partial charge in [-0.2, -0.15) is 0 Å². The predicted molar refractivity (Wildman–Crippen MR) is 52.4 cm³/mol. The van der Waals surface area contributed by atoms with Gasteiger partial charge in [-0.25, -0.2) is 0 Å². The summed E-state index contributed by atoms with van der Waals surface area (Å²) in [5.41, 5.74) is 6.02. The van der Waals surface area contributed by atoms with Crippen LogP contribution in [0.25, 0.3) is 0 Å². The number of carbonyl (C=O) groups is 1. The summed E-state index contributed by atoms with van der Waals surface area (Å²) in [6.45, 7) is 5.55. The van der Waals surface area contributed by atoms with E-state index in [-0.39, 0.29) is 5.78 Å². The zero-order chi connectivity index (χ0) is 10.1. The highest BCUT2D eigenvalue weighted by atomic mass is 16.1. The summed E-state index contributed by atoms with van der Waals surface area (Å²) < 4.78 is 0.